The molecule has 3 N–H and O–H groups in total. The quantitative estimate of drug-likeness (QED) is 0.441. The van der Waals surface area contributed by atoms with Crippen LogP contribution < -0.4 is 0 Å². The third kappa shape index (κ3) is 86.8. The molecule has 0 bridgehead atoms. The molecule has 0 rings (SSSR count). The highest BCUT2D eigenvalue weighted by atomic mass is 35.5. The molecular formula is C2H3ClO5. The van der Waals surface area contributed by atoms with Crippen LogP contribution in [0.25, 0.3) is 0 Å². The van der Waals surface area contributed by atoms with E-state index in [4.69, 9.17) is 24.9 Å². The Hall–Kier alpha value is -0.970. The number of carbonyl (C=O) groups is 2. The van der Waals surface area contributed by atoms with Gasteiger partial charge in [0, 0.05) is 11.6 Å². The van der Waals surface area contributed by atoms with E-state index in [1.54, 1.807) is 0 Å². The number of rotatable bonds is 0. The molecule has 0 fully saturated rings. The summed E-state index contributed by atoms with van der Waals surface area (Å²) in [5, 5.41) is 21.1. The molecule has 0 saturated carbocycles. The maximum Gasteiger partial charge on any atom is 0.503 e. The van der Waals surface area contributed by atoms with E-state index in [2.05, 4.69) is 11.6 Å². The van der Waals surface area contributed by atoms with Crippen molar-refractivity contribution in [1.82, 2.24) is 0 Å². The van der Waals surface area contributed by atoms with Crippen LogP contribution in [-0.4, -0.2) is 26.9 Å². The number of hydrogen-bond acceptors (Lipinski definition) is 2. The van der Waals surface area contributed by atoms with Gasteiger partial charge >= 0.3 is 11.6 Å². The summed E-state index contributed by atoms with van der Waals surface area (Å²) in [7, 11) is 0. The SMILES string of the molecule is O=C(O)Cl.O=C(O)O. The first-order chi connectivity index (χ1) is 3.46. The van der Waals surface area contributed by atoms with Crippen molar-refractivity contribution in [2.45, 2.75) is 0 Å². The first-order valence-electron chi connectivity index (χ1n) is 1.27. The highest BCUT2D eigenvalue weighted by Gasteiger charge is 1.71. The van der Waals surface area contributed by atoms with E-state index < -0.39 is 11.6 Å². The summed E-state index contributed by atoms with van der Waals surface area (Å²) in [6.45, 7) is 0. The number of hydrogen-bond donors (Lipinski definition) is 3. The Kier molecular flexibility index (Phi) is 7.62. The largest absolute Gasteiger partial charge is 0.503 e. The summed E-state index contributed by atoms with van der Waals surface area (Å²) in [4.78, 5) is 17.3. The van der Waals surface area contributed by atoms with Gasteiger partial charge in [0.2, 0.25) is 0 Å². The van der Waals surface area contributed by atoms with Crippen LogP contribution in [0.3, 0.4) is 0 Å². The van der Waals surface area contributed by atoms with Crippen LogP contribution >= 0.6 is 11.6 Å². The molecule has 0 aliphatic heterocycles. The maximum atomic E-state index is 8.77. The van der Waals surface area contributed by atoms with Crippen molar-refractivity contribution in [1.29, 1.82) is 0 Å². The highest BCUT2D eigenvalue weighted by Crippen LogP contribution is 1.67. The van der Waals surface area contributed by atoms with E-state index in [9.17, 15) is 0 Å². The molecule has 48 valence electrons. The van der Waals surface area contributed by atoms with Gasteiger partial charge in [-0.15, -0.1) is 0 Å². The van der Waals surface area contributed by atoms with Crippen molar-refractivity contribution in [2.75, 3.05) is 0 Å². The Morgan fingerprint density at radius 2 is 1.12 bits per heavy atom. The number of carboxylic acid groups (broad SMARTS) is 3. The van der Waals surface area contributed by atoms with Crippen molar-refractivity contribution in [3.05, 3.63) is 0 Å². The Balaban J connectivity index is 0. The number of halogens is 1. The van der Waals surface area contributed by atoms with Crippen molar-refractivity contribution in [2.24, 2.45) is 0 Å². The first-order valence-corrected chi connectivity index (χ1v) is 1.65. The highest BCUT2D eigenvalue weighted by molar-refractivity contribution is 6.60. The van der Waals surface area contributed by atoms with E-state index in [1.807, 2.05) is 0 Å². The summed E-state index contributed by atoms with van der Waals surface area (Å²) < 4.78 is 0. The fourth-order valence-corrected chi connectivity index (χ4v) is 0. The lowest BCUT2D eigenvalue weighted by atomic mass is 11.5. The fraction of sp³-hybridized carbons (Fsp3) is 0. The summed E-state index contributed by atoms with van der Waals surface area (Å²) in [6.07, 6.45) is -1.83. The third-order valence-corrected chi connectivity index (χ3v) is 0. The Bertz CT molecular complexity index is 68.4. The van der Waals surface area contributed by atoms with Crippen molar-refractivity contribution in [3.8, 4) is 0 Å². The van der Waals surface area contributed by atoms with Crippen LogP contribution in [0.5, 0.6) is 0 Å². The zero-order chi connectivity index (χ0) is 7.15. The first kappa shape index (κ1) is 10.1. The van der Waals surface area contributed by atoms with Crippen LogP contribution in [0.2, 0.25) is 0 Å². The maximum absolute atomic E-state index is 8.77. The van der Waals surface area contributed by atoms with Crippen LogP contribution in [-0.2, 0) is 0 Å². The van der Waals surface area contributed by atoms with Crippen molar-refractivity contribution >= 4 is 23.2 Å². The minimum atomic E-state index is -1.83. The third-order valence-electron chi connectivity index (χ3n) is 0. The molecule has 0 aliphatic carbocycles. The normalized spacial score (nSPS) is 6.12. The molecule has 0 atom stereocenters. The summed E-state index contributed by atoms with van der Waals surface area (Å²) in [5.74, 6) is 0. The smallest absolute Gasteiger partial charge is 0.469 e. The van der Waals surface area contributed by atoms with Gasteiger partial charge in [0.05, 0.1) is 0 Å². The van der Waals surface area contributed by atoms with Gasteiger partial charge in [0.15, 0.2) is 0 Å². The molecule has 0 aromatic carbocycles. The van der Waals surface area contributed by atoms with Gasteiger partial charge < -0.3 is 15.3 Å². The predicted molar refractivity (Wildman–Crippen MR) is 24.5 cm³/mol. The Morgan fingerprint density at radius 1 is 1.12 bits per heavy atom. The molecule has 0 aliphatic rings. The summed E-state index contributed by atoms with van der Waals surface area (Å²) >= 11 is 4.19. The van der Waals surface area contributed by atoms with Crippen LogP contribution in [0.15, 0.2) is 0 Å². The van der Waals surface area contributed by atoms with Gasteiger partial charge in [-0.05, 0) is 0 Å². The fourth-order valence-electron chi connectivity index (χ4n) is 0. The summed E-state index contributed by atoms with van der Waals surface area (Å²) in [6, 6.07) is 0. The lowest BCUT2D eigenvalue weighted by Gasteiger charge is -1.60. The standard InChI is InChI=1S/CHClO2.CH2O3/c2*2-1(3)4/h(H,3,4);(H2,2,3,4). The van der Waals surface area contributed by atoms with Crippen molar-refractivity contribution in [3.63, 3.8) is 0 Å². The van der Waals surface area contributed by atoms with Gasteiger partial charge in [-0.1, -0.05) is 0 Å². The molecule has 5 nitrogen and oxygen atoms in total. The molecule has 0 aromatic heterocycles. The summed E-state index contributed by atoms with van der Waals surface area (Å²) in [5.41, 5.74) is -1.36. The average molecular weight is 142 g/mol. The van der Waals surface area contributed by atoms with Crippen LogP contribution in [0, 0.1) is 0 Å². The Labute approximate surface area is 49.1 Å². The van der Waals surface area contributed by atoms with E-state index in [0.29, 0.717) is 0 Å². The Morgan fingerprint density at radius 3 is 1.12 bits per heavy atom. The molecule has 0 aromatic rings. The zero-order valence-electron chi connectivity index (χ0n) is 3.54. The monoisotopic (exact) mass is 142 g/mol. The second-order valence-corrected chi connectivity index (χ2v) is 0.859. The van der Waals surface area contributed by atoms with E-state index in [0.717, 1.165) is 0 Å². The topological polar surface area (TPSA) is 94.8 Å². The molecule has 6 heteroatoms. The van der Waals surface area contributed by atoms with Gasteiger partial charge in [-0.2, -0.15) is 0 Å². The molecular weight excluding hydrogens is 139 g/mol. The molecule has 0 amide bonds. The van der Waals surface area contributed by atoms with Crippen molar-refractivity contribution < 1.29 is 24.9 Å². The molecule has 8 heavy (non-hydrogen) atoms. The van der Waals surface area contributed by atoms with Gasteiger partial charge in [0.1, 0.15) is 0 Å². The van der Waals surface area contributed by atoms with E-state index in [1.165, 1.54) is 0 Å². The molecule has 0 saturated heterocycles. The minimum Gasteiger partial charge on any atom is -0.469 e. The van der Waals surface area contributed by atoms with E-state index in [-0.39, 0.29) is 0 Å². The van der Waals surface area contributed by atoms with Gasteiger partial charge in [-0.3, -0.25) is 0 Å². The minimum absolute atomic E-state index is 1.36. The van der Waals surface area contributed by atoms with Gasteiger partial charge in [0.25, 0.3) is 0 Å². The van der Waals surface area contributed by atoms with E-state index >= 15 is 0 Å². The molecule has 0 spiro atoms. The average Bonchev–Trinajstić information content (AvgIpc) is 1.25. The van der Waals surface area contributed by atoms with Crippen LogP contribution in [0.4, 0.5) is 9.59 Å². The lowest BCUT2D eigenvalue weighted by Crippen LogP contribution is -1.81. The molecule has 0 unspecified atom stereocenters. The molecule has 0 heterocycles. The molecule has 0 radical (unpaired) electrons. The zero-order valence-corrected chi connectivity index (χ0v) is 4.29. The van der Waals surface area contributed by atoms with Crippen LogP contribution in [0.1, 0.15) is 0 Å². The second kappa shape index (κ2) is 6.03. The second-order valence-electron chi connectivity index (χ2n) is 0.536. The predicted octanol–water partition coefficient (Wildman–Crippen LogP) is 1.13. The van der Waals surface area contributed by atoms with Gasteiger partial charge in [-0.25, -0.2) is 9.59 Å². The lowest BCUT2D eigenvalue weighted by molar-refractivity contribution is 0.137.